The minimum absolute atomic E-state index is 0.0606. The lowest BCUT2D eigenvalue weighted by molar-refractivity contribution is -0.117. The summed E-state index contributed by atoms with van der Waals surface area (Å²) in [4.78, 5) is 25.5. The number of hydrogen-bond donors (Lipinski definition) is 2. The van der Waals surface area contributed by atoms with E-state index < -0.39 is 0 Å². The zero-order valence-electron chi connectivity index (χ0n) is 17.7. The van der Waals surface area contributed by atoms with Crippen molar-refractivity contribution in [1.82, 2.24) is 4.90 Å². The Hall–Kier alpha value is -2.86. The zero-order valence-corrected chi connectivity index (χ0v) is 17.7. The summed E-state index contributed by atoms with van der Waals surface area (Å²) in [6.45, 7) is 10.1. The van der Waals surface area contributed by atoms with E-state index in [1.54, 1.807) is 24.3 Å². The molecular weight excluding hydrogens is 366 g/mol. The molecule has 156 valence electrons. The van der Waals surface area contributed by atoms with E-state index in [1.165, 1.54) is 12.5 Å². The van der Waals surface area contributed by atoms with Crippen LogP contribution >= 0.6 is 0 Å². The van der Waals surface area contributed by atoms with E-state index in [0.717, 1.165) is 30.8 Å². The van der Waals surface area contributed by atoms with Crippen LogP contribution in [0.1, 0.15) is 31.4 Å². The molecule has 0 saturated heterocycles. The highest BCUT2D eigenvalue weighted by molar-refractivity contribution is 5.93. The Balaban J connectivity index is 1.74. The molecule has 2 aromatic rings. The van der Waals surface area contributed by atoms with Crippen LogP contribution in [0.5, 0.6) is 5.75 Å². The molecule has 0 aliphatic heterocycles. The molecule has 6 nitrogen and oxygen atoms in total. The second-order valence-corrected chi connectivity index (χ2v) is 7.15. The van der Waals surface area contributed by atoms with Gasteiger partial charge in [-0.25, -0.2) is 0 Å². The molecule has 2 aromatic carbocycles. The lowest BCUT2D eigenvalue weighted by atomic mass is 10.1. The number of anilines is 2. The standard InChI is InChI=1S/C23H31N3O3/c1-5-26(13-6-14-29-22-15-17(2)7-8-18(22)3)16-23(28)25-21-11-9-20(10-12-21)24-19(4)27/h7-12,15H,5-6,13-14,16H2,1-4H3,(H,24,27)(H,25,28). The average Bonchev–Trinajstić information content (AvgIpc) is 2.68. The number of carbonyl (C=O) groups is 2. The number of rotatable bonds is 10. The van der Waals surface area contributed by atoms with Gasteiger partial charge in [-0.2, -0.15) is 0 Å². The minimum atomic E-state index is -0.123. The van der Waals surface area contributed by atoms with Gasteiger partial charge in [0.25, 0.3) is 0 Å². The Labute approximate surface area is 173 Å². The van der Waals surface area contributed by atoms with Crippen molar-refractivity contribution in [2.24, 2.45) is 0 Å². The maximum absolute atomic E-state index is 12.3. The molecule has 2 amide bonds. The molecule has 0 atom stereocenters. The summed E-state index contributed by atoms with van der Waals surface area (Å²) in [6, 6.07) is 13.3. The van der Waals surface area contributed by atoms with E-state index in [9.17, 15) is 9.59 Å². The van der Waals surface area contributed by atoms with Crippen LogP contribution in [-0.2, 0) is 9.59 Å². The molecule has 2 N–H and O–H groups in total. The molecule has 0 radical (unpaired) electrons. The summed E-state index contributed by atoms with van der Waals surface area (Å²) in [7, 11) is 0. The third-order valence-electron chi connectivity index (χ3n) is 4.52. The van der Waals surface area contributed by atoms with Gasteiger partial charge in [-0.3, -0.25) is 14.5 Å². The number of aryl methyl sites for hydroxylation is 2. The summed E-state index contributed by atoms with van der Waals surface area (Å²) in [5, 5.41) is 5.59. The van der Waals surface area contributed by atoms with Crippen molar-refractivity contribution in [3.05, 3.63) is 53.6 Å². The van der Waals surface area contributed by atoms with Crippen molar-refractivity contribution in [2.75, 3.05) is 36.9 Å². The minimum Gasteiger partial charge on any atom is -0.493 e. The van der Waals surface area contributed by atoms with Gasteiger partial charge < -0.3 is 15.4 Å². The second kappa shape index (κ2) is 11.2. The van der Waals surface area contributed by atoms with Crippen molar-refractivity contribution >= 4 is 23.2 Å². The molecule has 0 fully saturated rings. The number of hydrogen-bond acceptors (Lipinski definition) is 4. The van der Waals surface area contributed by atoms with E-state index in [1.807, 2.05) is 13.8 Å². The summed E-state index contributed by atoms with van der Waals surface area (Å²) in [5.41, 5.74) is 3.72. The summed E-state index contributed by atoms with van der Waals surface area (Å²) in [6.07, 6.45) is 0.847. The highest BCUT2D eigenvalue weighted by atomic mass is 16.5. The van der Waals surface area contributed by atoms with Gasteiger partial charge in [-0.05, 0) is 68.3 Å². The van der Waals surface area contributed by atoms with Gasteiger partial charge in [-0.15, -0.1) is 0 Å². The molecule has 0 spiro atoms. The number of likely N-dealkylation sites (N-methyl/N-ethyl adjacent to an activating group) is 1. The van der Waals surface area contributed by atoms with Crippen molar-refractivity contribution in [1.29, 1.82) is 0 Å². The quantitative estimate of drug-likeness (QED) is 0.595. The number of carbonyl (C=O) groups excluding carboxylic acids is 2. The molecule has 6 heteroatoms. The fraction of sp³-hybridized carbons (Fsp3) is 0.391. The first-order valence-electron chi connectivity index (χ1n) is 9.97. The molecule has 0 bridgehead atoms. The third-order valence-corrected chi connectivity index (χ3v) is 4.52. The number of ether oxygens (including phenoxy) is 1. The van der Waals surface area contributed by atoms with E-state index >= 15 is 0 Å². The normalized spacial score (nSPS) is 10.7. The van der Waals surface area contributed by atoms with Crippen molar-refractivity contribution in [2.45, 2.75) is 34.1 Å². The van der Waals surface area contributed by atoms with E-state index in [4.69, 9.17) is 4.74 Å². The Morgan fingerprint density at radius 1 is 1.00 bits per heavy atom. The van der Waals surface area contributed by atoms with Gasteiger partial charge in [0.2, 0.25) is 11.8 Å². The Bertz CT molecular complexity index is 819. The van der Waals surface area contributed by atoms with E-state index in [0.29, 0.717) is 24.5 Å². The van der Waals surface area contributed by atoms with E-state index in [2.05, 4.69) is 40.7 Å². The van der Waals surface area contributed by atoms with Crippen molar-refractivity contribution in [3.8, 4) is 5.75 Å². The fourth-order valence-corrected chi connectivity index (χ4v) is 2.93. The van der Waals surface area contributed by atoms with Gasteiger partial charge in [0.05, 0.1) is 13.2 Å². The Morgan fingerprint density at radius 2 is 1.66 bits per heavy atom. The summed E-state index contributed by atoms with van der Waals surface area (Å²) >= 11 is 0. The van der Waals surface area contributed by atoms with Gasteiger partial charge in [0, 0.05) is 24.8 Å². The first kappa shape index (κ1) is 22.4. The lowest BCUT2D eigenvalue weighted by Gasteiger charge is -2.20. The fourth-order valence-electron chi connectivity index (χ4n) is 2.93. The van der Waals surface area contributed by atoms with Crippen LogP contribution < -0.4 is 15.4 Å². The molecular formula is C23H31N3O3. The molecule has 0 aromatic heterocycles. The first-order chi connectivity index (χ1) is 13.9. The largest absolute Gasteiger partial charge is 0.493 e. The maximum atomic E-state index is 12.3. The molecule has 0 unspecified atom stereocenters. The van der Waals surface area contributed by atoms with Crippen LogP contribution in [0.3, 0.4) is 0 Å². The Morgan fingerprint density at radius 3 is 2.28 bits per heavy atom. The van der Waals surface area contributed by atoms with Gasteiger partial charge in [0.15, 0.2) is 0 Å². The molecule has 0 saturated carbocycles. The maximum Gasteiger partial charge on any atom is 0.238 e. The van der Waals surface area contributed by atoms with Crippen molar-refractivity contribution < 1.29 is 14.3 Å². The van der Waals surface area contributed by atoms with Gasteiger partial charge >= 0.3 is 0 Å². The van der Waals surface area contributed by atoms with Crippen LogP contribution in [0.15, 0.2) is 42.5 Å². The highest BCUT2D eigenvalue weighted by Gasteiger charge is 2.10. The van der Waals surface area contributed by atoms with Crippen LogP contribution in [0.2, 0.25) is 0 Å². The first-order valence-corrected chi connectivity index (χ1v) is 9.97. The number of benzene rings is 2. The van der Waals surface area contributed by atoms with E-state index in [-0.39, 0.29) is 11.8 Å². The van der Waals surface area contributed by atoms with Crippen LogP contribution in [-0.4, -0.2) is 43.0 Å². The number of nitrogens with zero attached hydrogens (tertiary/aromatic N) is 1. The topological polar surface area (TPSA) is 70.7 Å². The number of nitrogens with one attached hydrogen (secondary N) is 2. The lowest BCUT2D eigenvalue weighted by Crippen LogP contribution is -2.34. The Kier molecular flexibility index (Phi) is 8.68. The summed E-state index contributed by atoms with van der Waals surface area (Å²) in [5.74, 6) is 0.741. The number of amides is 2. The van der Waals surface area contributed by atoms with Gasteiger partial charge in [0.1, 0.15) is 5.75 Å². The summed E-state index contributed by atoms with van der Waals surface area (Å²) < 4.78 is 5.89. The van der Waals surface area contributed by atoms with Crippen LogP contribution in [0, 0.1) is 13.8 Å². The van der Waals surface area contributed by atoms with Crippen LogP contribution in [0.4, 0.5) is 11.4 Å². The average molecular weight is 398 g/mol. The predicted molar refractivity (Wildman–Crippen MR) is 118 cm³/mol. The molecule has 0 aliphatic carbocycles. The van der Waals surface area contributed by atoms with Gasteiger partial charge in [-0.1, -0.05) is 19.1 Å². The zero-order chi connectivity index (χ0) is 21.2. The third kappa shape index (κ3) is 7.95. The monoisotopic (exact) mass is 397 g/mol. The predicted octanol–water partition coefficient (Wildman–Crippen LogP) is 3.99. The molecule has 0 heterocycles. The molecule has 0 aliphatic rings. The molecule has 2 rings (SSSR count). The van der Waals surface area contributed by atoms with Crippen molar-refractivity contribution in [3.63, 3.8) is 0 Å². The second-order valence-electron chi connectivity index (χ2n) is 7.15. The molecule has 29 heavy (non-hydrogen) atoms. The highest BCUT2D eigenvalue weighted by Crippen LogP contribution is 2.19. The smallest absolute Gasteiger partial charge is 0.238 e. The van der Waals surface area contributed by atoms with Crippen LogP contribution in [0.25, 0.3) is 0 Å². The SMILES string of the molecule is CCN(CCCOc1cc(C)ccc1C)CC(=O)Nc1ccc(NC(C)=O)cc1.